The molecule has 0 radical (unpaired) electrons. The van der Waals surface area contributed by atoms with E-state index in [2.05, 4.69) is 20.7 Å². The van der Waals surface area contributed by atoms with Crippen molar-refractivity contribution in [2.45, 2.75) is 19.6 Å². The number of rotatable bonds is 2. The van der Waals surface area contributed by atoms with Gasteiger partial charge in [-0.3, -0.25) is 0 Å². The highest BCUT2D eigenvalue weighted by Gasteiger charge is 2.39. The Morgan fingerprint density at radius 1 is 1.23 bits per heavy atom. The predicted molar refractivity (Wildman–Crippen MR) is 79.7 cm³/mol. The Hall–Kier alpha value is -2.15. The Kier molecular flexibility index (Phi) is 4.37. The van der Waals surface area contributed by atoms with Crippen LogP contribution in [-0.4, -0.2) is 30.8 Å². The molecule has 1 aromatic carbocycles. The number of methoxy groups -OCH3 is 1. The fraction of sp³-hybridized carbons (Fsp3) is 0.267. The Morgan fingerprint density at radius 3 is 2.36 bits per heavy atom. The van der Waals surface area contributed by atoms with Crippen LogP contribution < -0.4 is 0 Å². The molecular weight excluding hydrogens is 356 g/mol. The summed E-state index contributed by atoms with van der Waals surface area (Å²) in [6.07, 6.45) is 1.25. The summed E-state index contributed by atoms with van der Waals surface area (Å²) >= 11 is 3.28. The summed E-state index contributed by atoms with van der Waals surface area (Å²) in [7, 11) is 1.24. The summed E-state index contributed by atoms with van der Waals surface area (Å²) in [6.45, 7) is 2.91. The molecule has 0 saturated carbocycles. The fourth-order valence-corrected chi connectivity index (χ4v) is 2.38. The van der Waals surface area contributed by atoms with E-state index in [4.69, 9.17) is 9.47 Å². The van der Waals surface area contributed by atoms with Crippen molar-refractivity contribution >= 4 is 39.9 Å². The first kappa shape index (κ1) is 16.2. The van der Waals surface area contributed by atoms with Gasteiger partial charge in [-0.15, -0.1) is 0 Å². The second-order valence-electron chi connectivity index (χ2n) is 4.93. The molecule has 0 unspecified atom stereocenters. The molecule has 1 aliphatic rings. The molecule has 0 atom stereocenters. The number of esters is 3. The summed E-state index contributed by atoms with van der Waals surface area (Å²) in [6, 6.07) is 4.83. The monoisotopic (exact) mass is 368 g/mol. The maximum atomic E-state index is 12.0. The molecule has 0 amide bonds. The van der Waals surface area contributed by atoms with Crippen LogP contribution >= 0.6 is 15.9 Å². The lowest BCUT2D eigenvalue weighted by molar-refractivity contribution is -0.222. The fourth-order valence-electron chi connectivity index (χ4n) is 1.89. The molecule has 1 aliphatic heterocycles. The van der Waals surface area contributed by atoms with Gasteiger partial charge in [0.2, 0.25) is 0 Å². The van der Waals surface area contributed by atoms with Crippen molar-refractivity contribution in [2.24, 2.45) is 0 Å². The number of halogens is 1. The smallest absolute Gasteiger partial charge is 0.348 e. The molecule has 0 aromatic heterocycles. The largest absolute Gasteiger partial charge is 0.465 e. The molecule has 0 aliphatic carbocycles. The third-order valence-electron chi connectivity index (χ3n) is 2.86. The number of cyclic esters (lactones) is 2. The zero-order chi connectivity index (χ0) is 16.5. The van der Waals surface area contributed by atoms with E-state index in [1.54, 1.807) is 12.1 Å². The summed E-state index contributed by atoms with van der Waals surface area (Å²) in [5, 5.41) is 0. The van der Waals surface area contributed by atoms with Gasteiger partial charge in [-0.25, -0.2) is 14.4 Å². The number of benzene rings is 1. The average molecular weight is 369 g/mol. The van der Waals surface area contributed by atoms with E-state index in [0.29, 0.717) is 10.0 Å². The summed E-state index contributed by atoms with van der Waals surface area (Å²) < 4.78 is 15.2. The molecular formula is C15H13BrO6. The van der Waals surface area contributed by atoms with Crippen LogP contribution in [0.2, 0.25) is 0 Å². The Morgan fingerprint density at radius 2 is 1.82 bits per heavy atom. The van der Waals surface area contributed by atoms with Gasteiger partial charge >= 0.3 is 17.9 Å². The highest BCUT2D eigenvalue weighted by atomic mass is 79.9. The molecule has 1 heterocycles. The molecule has 7 heteroatoms. The van der Waals surface area contributed by atoms with Gasteiger partial charge < -0.3 is 14.2 Å². The lowest BCUT2D eigenvalue weighted by atomic mass is 10.0. The van der Waals surface area contributed by atoms with E-state index in [-0.39, 0.29) is 11.1 Å². The van der Waals surface area contributed by atoms with Crippen LogP contribution in [0.5, 0.6) is 0 Å². The van der Waals surface area contributed by atoms with Gasteiger partial charge in [-0.1, -0.05) is 22.0 Å². The third-order valence-corrected chi connectivity index (χ3v) is 3.56. The molecule has 1 aromatic rings. The van der Waals surface area contributed by atoms with Gasteiger partial charge in [0, 0.05) is 23.9 Å². The topological polar surface area (TPSA) is 78.9 Å². The minimum absolute atomic E-state index is 0.204. The van der Waals surface area contributed by atoms with Gasteiger partial charge in [-0.05, 0) is 18.2 Å². The van der Waals surface area contributed by atoms with Crippen LogP contribution in [0.3, 0.4) is 0 Å². The SMILES string of the molecule is COC(=O)c1cccc(Br)c1C=C1C(=O)OC(C)(C)OC1=O. The highest BCUT2D eigenvalue weighted by Crippen LogP contribution is 2.28. The summed E-state index contributed by atoms with van der Waals surface area (Å²) in [4.78, 5) is 35.7. The van der Waals surface area contributed by atoms with E-state index in [0.717, 1.165) is 0 Å². The number of carbonyl (C=O) groups is 3. The number of hydrogen-bond acceptors (Lipinski definition) is 6. The van der Waals surface area contributed by atoms with Crippen LogP contribution in [0.25, 0.3) is 6.08 Å². The van der Waals surface area contributed by atoms with Crippen LogP contribution in [-0.2, 0) is 23.8 Å². The minimum atomic E-state index is -1.31. The Bertz CT molecular complexity index is 667. The van der Waals surface area contributed by atoms with E-state index < -0.39 is 23.7 Å². The lowest BCUT2D eigenvalue weighted by Crippen LogP contribution is -2.41. The maximum absolute atomic E-state index is 12.0. The number of carbonyl (C=O) groups excluding carboxylic acids is 3. The third kappa shape index (κ3) is 3.19. The van der Waals surface area contributed by atoms with Crippen molar-refractivity contribution in [1.29, 1.82) is 0 Å². The van der Waals surface area contributed by atoms with Crippen molar-refractivity contribution in [3.05, 3.63) is 39.4 Å². The quantitative estimate of drug-likeness (QED) is 0.453. The van der Waals surface area contributed by atoms with Crippen molar-refractivity contribution in [3.63, 3.8) is 0 Å². The molecule has 6 nitrogen and oxygen atoms in total. The van der Waals surface area contributed by atoms with E-state index in [1.165, 1.54) is 33.1 Å². The summed E-state index contributed by atoms with van der Waals surface area (Å²) in [5.74, 6) is -3.53. The molecule has 22 heavy (non-hydrogen) atoms. The van der Waals surface area contributed by atoms with Gasteiger partial charge in [0.25, 0.3) is 5.79 Å². The van der Waals surface area contributed by atoms with Crippen molar-refractivity contribution < 1.29 is 28.6 Å². The molecule has 0 bridgehead atoms. The maximum Gasteiger partial charge on any atom is 0.348 e. The zero-order valence-electron chi connectivity index (χ0n) is 12.1. The predicted octanol–water partition coefficient (Wildman–Crippen LogP) is 2.46. The van der Waals surface area contributed by atoms with Gasteiger partial charge in [-0.2, -0.15) is 0 Å². The zero-order valence-corrected chi connectivity index (χ0v) is 13.7. The first-order valence-electron chi connectivity index (χ1n) is 6.30. The normalized spacial score (nSPS) is 16.6. The number of ether oxygens (including phenoxy) is 3. The molecule has 0 spiro atoms. The molecule has 1 saturated heterocycles. The average Bonchev–Trinajstić information content (AvgIpc) is 2.42. The highest BCUT2D eigenvalue weighted by molar-refractivity contribution is 9.10. The lowest BCUT2D eigenvalue weighted by Gasteiger charge is -2.29. The van der Waals surface area contributed by atoms with E-state index in [1.807, 2.05) is 0 Å². The first-order chi connectivity index (χ1) is 10.2. The Balaban J connectivity index is 2.52. The molecule has 0 N–H and O–H groups in total. The number of hydrogen-bond donors (Lipinski definition) is 0. The molecule has 2 rings (SSSR count). The van der Waals surface area contributed by atoms with Gasteiger partial charge in [0.15, 0.2) is 0 Å². The second-order valence-corrected chi connectivity index (χ2v) is 5.78. The second kappa shape index (κ2) is 5.92. The standard InChI is InChI=1S/C15H13BrO6/c1-15(2)21-13(18)10(14(19)22-15)7-9-8(12(17)20-3)5-4-6-11(9)16/h4-7H,1-3H3. The van der Waals surface area contributed by atoms with Crippen LogP contribution in [0, 0.1) is 0 Å². The van der Waals surface area contributed by atoms with Crippen LogP contribution in [0.1, 0.15) is 29.8 Å². The van der Waals surface area contributed by atoms with Gasteiger partial charge in [0.1, 0.15) is 5.57 Å². The van der Waals surface area contributed by atoms with Crippen molar-refractivity contribution in [1.82, 2.24) is 0 Å². The molecule has 1 fully saturated rings. The summed E-state index contributed by atoms with van der Waals surface area (Å²) in [5.41, 5.74) is 0.240. The van der Waals surface area contributed by atoms with Crippen LogP contribution in [0.4, 0.5) is 0 Å². The van der Waals surface area contributed by atoms with Crippen molar-refractivity contribution in [2.75, 3.05) is 7.11 Å². The first-order valence-corrected chi connectivity index (χ1v) is 7.09. The van der Waals surface area contributed by atoms with Gasteiger partial charge in [0.05, 0.1) is 12.7 Å². The van der Waals surface area contributed by atoms with E-state index in [9.17, 15) is 14.4 Å². The Labute approximate surface area is 135 Å². The minimum Gasteiger partial charge on any atom is -0.465 e. The van der Waals surface area contributed by atoms with Crippen molar-refractivity contribution in [3.8, 4) is 0 Å². The molecule has 116 valence electrons. The van der Waals surface area contributed by atoms with Crippen LogP contribution in [0.15, 0.2) is 28.2 Å². The van der Waals surface area contributed by atoms with E-state index >= 15 is 0 Å².